The van der Waals surface area contributed by atoms with Crippen LogP contribution in [0.1, 0.15) is 28.3 Å². The predicted molar refractivity (Wildman–Crippen MR) is 106 cm³/mol. The van der Waals surface area contributed by atoms with Gasteiger partial charge in [-0.15, -0.1) is 0 Å². The van der Waals surface area contributed by atoms with Crippen LogP contribution in [0.3, 0.4) is 0 Å². The highest BCUT2D eigenvalue weighted by Gasteiger charge is 2.16. The van der Waals surface area contributed by atoms with Crippen molar-refractivity contribution in [3.63, 3.8) is 0 Å². The van der Waals surface area contributed by atoms with Crippen LogP contribution in [0, 0.1) is 13.8 Å². The van der Waals surface area contributed by atoms with Crippen LogP contribution in [0.2, 0.25) is 0 Å². The van der Waals surface area contributed by atoms with Gasteiger partial charge in [-0.25, -0.2) is 0 Å². The second-order valence-electron chi connectivity index (χ2n) is 6.55. The summed E-state index contributed by atoms with van der Waals surface area (Å²) in [6.45, 7) is 5.50. The first-order valence-corrected chi connectivity index (χ1v) is 9.75. The number of aromatic amines is 1. The molecule has 1 aromatic carbocycles. The summed E-state index contributed by atoms with van der Waals surface area (Å²) in [7, 11) is 0. The summed E-state index contributed by atoms with van der Waals surface area (Å²) < 4.78 is 13.7. The van der Waals surface area contributed by atoms with Crippen LogP contribution in [0.25, 0.3) is 11.3 Å². The van der Waals surface area contributed by atoms with Crippen molar-refractivity contribution < 1.29 is 14.3 Å². The largest absolute Gasteiger partial charge is 0.454 e. The number of ether oxygens (including phenoxy) is 2. The number of nitrogens with zero attached hydrogens (tertiary/aromatic N) is 3. The Bertz CT molecular complexity index is 1030. The average molecular weight is 446 g/mol. The number of benzene rings is 1. The molecule has 0 saturated carbocycles. The number of carbonyl (C=O) groups is 1. The molecule has 2 aromatic heterocycles. The number of rotatable bonds is 6. The molecule has 2 N–H and O–H groups in total. The van der Waals surface area contributed by atoms with Crippen LogP contribution >= 0.6 is 15.9 Å². The number of H-pyrrole nitrogens is 1. The molecule has 28 heavy (non-hydrogen) atoms. The molecule has 0 aliphatic carbocycles. The van der Waals surface area contributed by atoms with Crippen LogP contribution in [0.5, 0.6) is 11.5 Å². The SMILES string of the molecule is Cc1nn(CCCNC(=O)c2cc(-c3ccc4c(c3)OCO4)n[nH]2)c(C)c1Br. The fraction of sp³-hybridized carbons (Fsp3) is 0.316. The van der Waals surface area contributed by atoms with Crippen LogP contribution in [-0.4, -0.2) is 39.2 Å². The van der Waals surface area contributed by atoms with Gasteiger partial charge in [0, 0.05) is 24.3 Å². The van der Waals surface area contributed by atoms with Gasteiger partial charge < -0.3 is 14.8 Å². The predicted octanol–water partition coefficient (Wildman–Crippen LogP) is 3.20. The molecular weight excluding hydrogens is 426 g/mol. The molecule has 8 nitrogen and oxygen atoms in total. The Morgan fingerprint density at radius 3 is 2.89 bits per heavy atom. The minimum absolute atomic E-state index is 0.186. The maximum Gasteiger partial charge on any atom is 0.269 e. The second-order valence-corrected chi connectivity index (χ2v) is 7.35. The Labute approximate surface area is 170 Å². The molecule has 4 rings (SSSR count). The van der Waals surface area contributed by atoms with Crippen LogP contribution < -0.4 is 14.8 Å². The first-order chi connectivity index (χ1) is 13.5. The van der Waals surface area contributed by atoms with Gasteiger partial charge >= 0.3 is 0 Å². The minimum atomic E-state index is -0.186. The van der Waals surface area contributed by atoms with E-state index in [0.717, 1.165) is 34.4 Å². The summed E-state index contributed by atoms with van der Waals surface area (Å²) in [5.41, 5.74) is 4.01. The van der Waals surface area contributed by atoms with Gasteiger partial charge in [-0.1, -0.05) is 0 Å². The van der Waals surface area contributed by atoms with Gasteiger partial charge in [0.2, 0.25) is 6.79 Å². The van der Waals surface area contributed by atoms with E-state index in [1.807, 2.05) is 36.7 Å². The van der Waals surface area contributed by atoms with Crippen molar-refractivity contribution in [2.75, 3.05) is 13.3 Å². The van der Waals surface area contributed by atoms with E-state index in [0.29, 0.717) is 29.4 Å². The number of hydrogen-bond donors (Lipinski definition) is 2. The van der Waals surface area contributed by atoms with Gasteiger partial charge in [0.15, 0.2) is 11.5 Å². The Hall–Kier alpha value is -2.81. The first-order valence-electron chi connectivity index (χ1n) is 8.96. The lowest BCUT2D eigenvalue weighted by Crippen LogP contribution is -2.25. The molecule has 0 bridgehead atoms. The highest BCUT2D eigenvalue weighted by atomic mass is 79.9. The molecule has 0 atom stereocenters. The van der Waals surface area contributed by atoms with E-state index in [9.17, 15) is 4.79 Å². The van der Waals surface area contributed by atoms with E-state index in [1.54, 1.807) is 6.07 Å². The standard InChI is InChI=1S/C19H20BrN5O3/c1-11-18(20)12(2)25(24-11)7-3-6-21-19(26)15-9-14(22-23-15)13-4-5-16-17(8-13)28-10-27-16/h4-5,8-9H,3,6-7,10H2,1-2H3,(H,21,26)(H,22,23). The summed E-state index contributed by atoms with van der Waals surface area (Å²) in [6, 6.07) is 7.30. The van der Waals surface area contributed by atoms with Crippen LogP contribution in [0.4, 0.5) is 0 Å². The number of aromatic nitrogens is 4. The number of fused-ring (bicyclic) bond motifs is 1. The number of hydrogen-bond acceptors (Lipinski definition) is 5. The average Bonchev–Trinajstić information content (AvgIpc) is 3.41. The van der Waals surface area contributed by atoms with E-state index in [-0.39, 0.29) is 12.7 Å². The summed E-state index contributed by atoms with van der Waals surface area (Å²) in [4.78, 5) is 12.4. The number of aryl methyl sites for hydroxylation is 2. The maximum absolute atomic E-state index is 12.4. The zero-order chi connectivity index (χ0) is 19.7. The lowest BCUT2D eigenvalue weighted by molar-refractivity contribution is 0.0947. The number of carbonyl (C=O) groups excluding carboxylic acids is 1. The zero-order valence-corrected chi connectivity index (χ0v) is 17.2. The van der Waals surface area contributed by atoms with Gasteiger partial charge in [0.05, 0.1) is 15.9 Å². The molecule has 0 spiro atoms. The van der Waals surface area contributed by atoms with Crippen LogP contribution in [0.15, 0.2) is 28.7 Å². The maximum atomic E-state index is 12.4. The molecule has 3 heterocycles. The summed E-state index contributed by atoms with van der Waals surface area (Å²) in [5.74, 6) is 1.21. The lowest BCUT2D eigenvalue weighted by Gasteiger charge is -2.05. The van der Waals surface area contributed by atoms with Crippen molar-refractivity contribution in [3.05, 3.63) is 45.8 Å². The number of halogens is 1. The molecule has 0 unspecified atom stereocenters. The highest BCUT2D eigenvalue weighted by molar-refractivity contribution is 9.10. The molecule has 1 amide bonds. The van der Waals surface area contributed by atoms with Crippen molar-refractivity contribution in [1.82, 2.24) is 25.3 Å². The van der Waals surface area contributed by atoms with Gasteiger partial charge in [-0.3, -0.25) is 14.6 Å². The van der Waals surface area contributed by atoms with Crippen molar-refractivity contribution in [2.45, 2.75) is 26.8 Å². The van der Waals surface area contributed by atoms with Gasteiger partial charge in [-0.2, -0.15) is 10.2 Å². The fourth-order valence-corrected chi connectivity index (χ4v) is 3.34. The highest BCUT2D eigenvalue weighted by Crippen LogP contribution is 2.35. The molecule has 1 aliphatic rings. The van der Waals surface area contributed by atoms with E-state index in [2.05, 4.69) is 36.5 Å². The fourth-order valence-electron chi connectivity index (χ4n) is 3.06. The quantitative estimate of drug-likeness (QED) is 0.568. The number of nitrogens with one attached hydrogen (secondary N) is 2. The summed E-state index contributed by atoms with van der Waals surface area (Å²) >= 11 is 3.52. The topological polar surface area (TPSA) is 94.1 Å². The van der Waals surface area contributed by atoms with Gasteiger partial charge in [-0.05, 0) is 60.5 Å². The third kappa shape index (κ3) is 3.62. The third-order valence-corrected chi connectivity index (χ3v) is 5.76. The normalized spacial score (nSPS) is 12.4. The van der Waals surface area contributed by atoms with E-state index >= 15 is 0 Å². The van der Waals surface area contributed by atoms with E-state index in [1.165, 1.54) is 0 Å². The lowest BCUT2D eigenvalue weighted by atomic mass is 10.1. The Morgan fingerprint density at radius 2 is 2.11 bits per heavy atom. The molecule has 0 saturated heterocycles. The molecule has 1 aliphatic heterocycles. The zero-order valence-electron chi connectivity index (χ0n) is 15.6. The van der Waals surface area contributed by atoms with Gasteiger partial charge in [0.1, 0.15) is 5.69 Å². The minimum Gasteiger partial charge on any atom is -0.454 e. The van der Waals surface area contributed by atoms with E-state index < -0.39 is 0 Å². The Morgan fingerprint density at radius 1 is 1.29 bits per heavy atom. The van der Waals surface area contributed by atoms with Crippen molar-refractivity contribution in [2.24, 2.45) is 0 Å². The summed E-state index contributed by atoms with van der Waals surface area (Å²) in [5, 5.41) is 14.4. The smallest absolute Gasteiger partial charge is 0.269 e. The molecule has 146 valence electrons. The second kappa shape index (κ2) is 7.67. The molecule has 9 heteroatoms. The molecule has 0 fully saturated rings. The first kappa shape index (κ1) is 18.5. The van der Waals surface area contributed by atoms with Crippen molar-refractivity contribution >= 4 is 21.8 Å². The van der Waals surface area contributed by atoms with Gasteiger partial charge in [0.25, 0.3) is 5.91 Å². The molecule has 0 radical (unpaired) electrons. The Balaban J connectivity index is 1.32. The molecular formula is C19H20BrN5O3. The van der Waals surface area contributed by atoms with Crippen LogP contribution in [-0.2, 0) is 6.54 Å². The monoisotopic (exact) mass is 445 g/mol. The van der Waals surface area contributed by atoms with Crippen molar-refractivity contribution in [1.29, 1.82) is 0 Å². The molecule has 3 aromatic rings. The Kier molecular flexibility index (Phi) is 5.08. The van der Waals surface area contributed by atoms with Crippen molar-refractivity contribution in [3.8, 4) is 22.8 Å². The van der Waals surface area contributed by atoms with E-state index in [4.69, 9.17) is 9.47 Å². The number of amides is 1. The summed E-state index contributed by atoms with van der Waals surface area (Å²) in [6.07, 6.45) is 0.781. The third-order valence-electron chi connectivity index (χ3n) is 4.62.